The number of nitrogens with zero attached hydrogens (tertiary/aromatic N) is 3. The summed E-state index contributed by atoms with van der Waals surface area (Å²) in [5.41, 5.74) is 2.64. The molecule has 0 bridgehead atoms. The predicted molar refractivity (Wildman–Crippen MR) is 75.9 cm³/mol. The highest BCUT2D eigenvalue weighted by molar-refractivity contribution is 5.52. The van der Waals surface area contributed by atoms with Gasteiger partial charge in [0.1, 0.15) is 0 Å². The first-order valence-electron chi connectivity index (χ1n) is 6.90. The fraction of sp³-hybridized carbons (Fsp3) is 0.643. The van der Waals surface area contributed by atoms with E-state index in [1.807, 2.05) is 19.4 Å². The molecule has 2 rings (SSSR count). The van der Waals surface area contributed by atoms with Crippen LogP contribution in [0.1, 0.15) is 18.9 Å². The standard InChI is InChI=1S/C14H24N4/c1-3-6-17-7-9-18(10-8-17)14-12-16-5-4-13(14)11-15-2/h4-5,12,15H,3,6-11H2,1-2H3. The highest BCUT2D eigenvalue weighted by Crippen LogP contribution is 2.20. The van der Waals surface area contributed by atoms with Gasteiger partial charge in [0, 0.05) is 38.9 Å². The zero-order valence-electron chi connectivity index (χ0n) is 11.5. The number of hydrogen-bond donors (Lipinski definition) is 1. The van der Waals surface area contributed by atoms with Gasteiger partial charge >= 0.3 is 0 Å². The van der Waals surface area contributed by atoms with Crippen molar-refractivity contribution in [3.63, 3.8) is 0 Å². The van der Waals surface area contributed by atoms with Gasteiger partial charge in [-0.05, 0) is 31.6 Å². The van der Waals surface area contributed by atoms with Crippen LogP contribution in [0.25, 0.3) is 0 Å². The maximum Gasteiger partial charge on any atom is 0.0599 e. The van der Waals surface area contributed by atoms with Crippen LogP contribution in [0.2, 0.25) is 0 Å². The van der Waals surface area contributed by atoms with E-state index in [0.717, 1.165) is 19.6 Å². The van der Waals surface area contributed by atoms with Crippen molar-refractivity contribution in [3.8, 4) is 0 Å². The van der Waals surface area contributed by atoms with E-state index < -0.39 is 0 Å². The molecule has 0 radical (unpaired) electrons. The maximum absolute atomic E-state index is 4.28. The molecule has 4 nitrogen and oxygen atoms in total. The Hall–Kier alpha value is -1.13. The van der Waals surface area contributed by atoms with E-state index in [0.29, 0.717) is 0 Å². The summed E-state index contributed by atoms with van der Waals surface area (Å²) in [5, 5.41) is 3.23. The Morgan fingerprint density at radius 3 is 2.72 bits per heavy atom. The molecule has 0 amide bonds. The van der Waals surface area contributed by atoms with Gasteiger partial charge in [-0.1, -0.05) is 6.92 Å². The minimum Gasteiger partial charge on any atom is -0.367 e. The quantitative estimate of drug-likeness (QED) is 0.852. The Kier molecular flexibility index (Phi) is 4.96. The van der Waals surface area contributed by atoms with Crippen molar-refractivity contribution in [2.24, 2.45) is 0 Å². The lowest BCUT2D eigenvalue weighted by atomic mass is 10.2. The van der Waals surface area contributed by atoms with Crippen molar-refractivity contribution in [2.45, 2.75) is 19.9 Å². The third-order valence-corrected chi connectivity index (χ3v) is 3.51. The maximum atomic E-state index is 4.28. The van der Waals surface area contributed by atoms with Gasteiger partial charge in [-0.3, -0.25) is 9.88 Å². The number of aromatic nitrogens is 1. The molecule has 4 heteroatoms. The molecule has 1 aromatic heterocycles. The molecule has 1 aliphatic rings. The molecular weight excluding hydrogens is 224 g/mol. The van der Waals surface area contributed by atoms with Crippen LogP contribution in [0.15, 0.2) is 18.5 Å². The monoisotopic (exact) mass is 248 g/mol. The number of hydrogen-bond acceptors (Lipinski definition) is 4. The molecule has 1 aliphatic heterocycles. The summed E-state index contributed by atoms with van der Waals surface area (Å²) >= 11 is 0. The van der Waals surface area contributed by atoms with E-state index in [1.165, 1.54) is 37.3 Å². The molecule has 1 saturated heterocycles. The minimum atomic E-state index is 0.910. The van der Waals surface area contributed by atoms with Gasteiger partial charge in [-0.15, -0.1) is 0 Å². The molecule has 1 aromatic rings. The summed E-state index contributed by atoms with van der Waals surface area (Å²) in [7, 11) is 1.99. The second-order valence-corrected chi connectivity index (χ2v) is 4.86. The molecule has 0 aromatic carbocycles. The van der Waals surface area contributed by atoms with Gasteiger partial charge in [-0.2, -0.15) is 0 Å². The normalized spacial score (nSPS) is 17.1. The lowest BCUT2D eigenvalue weighted by molar-refractivity contribution is 0.258. The van der Waals surface area contributed by atoms with E-state index >= 15 is 0 Å². The Morgan fingerprint density at radius 2 is 2.06 bits per heavy atom. The molecule has 2 heterocycles. The number of piperazine rings is 1. The molecular formula is C14H24N4. The van der Waals surface area contributed by atoms with Crippen molar-refractivity contribution in [3.05, 3.63) is 24.0 Å². The largest absolute Gasteiger partial charge is 0.367 e. The van der Waals surface area contributed by atoms with Crippen molar-refractivity contribution in [1.29, 1.82) is 0 Å². The van der Waals surface area contributed by atoms with Gasteiger partial charge in [0.15, 0.2) is 0 Å². The summed E-state index contributed by atoms with van der Waals surface area (Å²) in [4.78, 5) is 9.29. The topological polar surface area (TPSA) is 31.4 Å². The molecule has 0 unspecified atom stereocenters. The molecule has 0 saturated carbocycles. The molecule has 0 aliphatic carbocycles. The predicted octanol–water partition coefficient (Wildman–Crippen LogP) is 1.33. The van der Waals surface area contributed by atoms with Crippen molar-refractivity contribution >= 4 is 5.69 Å². The van der Waals surface area contributed by atoms with Crippen molar-refractivity contribution in [1.82, 2.24) is 15.2 Å². The second kappa shape index (κ2) is 6.71. The smallest absolute Gasteiger partial charge is 0.0599 e. The van der Waals surface area contributed by atoms with E-state index in [9.17, 15) is 0 Å². The molecule has 18 heavy (non-hydrogen) atoms. The van der Waals surface area contributed by atoms with Crippen LogP contribution in [-0.4, -0.2) is 49.7 Å². The van der Waals surface area contributed by atoms with Gasteiger partial charge in [0.05, 0.1) is 11.9 Å². The van der Waals surface area contributed by atoms with E-state index in [4.69, 9.17) is 0 Å². The third kappa shape index (κ3) is 3.21. The van der Waals surface area contributed by atoms with Crippen LogP contribution < -0.4 is 10.2 Å². The summed E-state index contributed by atoms with van der Waals surface area (Å²) < 4.78 is 0. The average Bonchev–Trinajstić information content (AvgIpc) is 2.41. The Labute approximate surface area is 110 Å². The highest BCUT2D eigenvalue weighted by atomic mass is 15.3. The van der Waals surface area contributed by atoms with Crippen LogP contribution in [0.3, 0.4) is 0 Å². The Bertz CT molecular complexity index is 359. The van der Waals surface area contributed by atoms with E-state index in [-0.39, 0.29) is 0 Å². The molecule has 1 fully saturated rings. The summed E-state index contributed by atoms with van der Waals surface area (Å²) in [6, 6.07) is 2.12. The van der Waals surface area contributed by atoms with Crippen molar-refractivity contribution in [2.75, 3.05) is 44.7 Å². The van der Waals surface area contributed by atoms with Crippen LogP contribution >= 0.6 is 0 Å². The molecule has 0 spiro atoms. The van der Waals surface area contributed by atoms with Crippen LogP contribution in [-0.2, 0) is 6.54 Å². The molecule has 1 N–H and O–H groups in total. The SMILES string of the molecule is CCCN1CCN(c2cnccc2CNC)CC1. The van der Waals surface area contributed by atoms with Gasteiger partial charge in [-0.25, -0.2) is 0 Å². The number of pyridine rings is 1. The molecule has 0 atom stereocenters. The first kappa shape index (κ1) is 13.3. The van der Waals surface area contributed by atoms with E-state index in [1.54, 1.807) is 0 Å². The van der Waals surface area contributed by atoms with Gasteiger partial charge in [0.2, 0.25) is 0 Å². The van der Waals surface area contributed by atoms with Gasteiger partial charge in [0.25, 0.3) is 0 Å². The Balaban J connectivity index is 2.00. The molecule has 100 valence electrons. The zero-order valence-corrected chi connectivity index (χ0v) is 11.5. The summed E-state index contributed by atoms with van der Waals surface area (Å²) in [5.74, 6) is 0. The fourth-order valence-corrected chi connectivity index (χ4v) is 2.57. The number of anilines is 1. The van der Waals surface area contributed by atoms with Gasteiger partial charge < -0.3 is 10.2 Å². The van der Waals surface area contributed by atoms with Crippen LogP contribution in [0.4, 0.5) is 5.69 Å². The van der Waals surface area contributed by atoms with Crippen LogP contribution in [0, 0.1) is 0 Å². The minimum absolute atomic E-state index is 0.910. The summed E-state index contributed by atoms with van der Waals surface area (Å²) in [6.07, 6.45) is 5.13. The summed E-state index contributed by atoms with van der Waals surface area (Å²) in [6.45, 7) is 8.95. The lowest BCUT2D eigenvalue weighted by Gasteiger charge is -2.36. The number of rotatable bonds is 5. The third-order valence-electron chi connectivity index (χ3n) is 3.51. The fourth-order valence-electron chi connectivity index (χ4n) is 2.57. The average molecular weight is 248 g/mol. The first-order chi connectivity index (χ1) is 8.85. The Morgan fingerprint density at radius 1 is 1.28 bits per heavy atom. The second-order valence-electron chi connectivity index (χ2n) is 4.86. The number of nitrogens with one attached hydrogen (secondary N) is 1. The zero-order chi connectivity index (χ0) is 12.8. The van der Waals surface area contributed by atoms with E-state index in [2.05, 4.69) is 33.1 Å². The van der Waals surface area contributed by atoms with Crippen molar-refractivity contribution < 1.29 is 0 Å². The van der Waals surface area contributed by atoms with Crippen LogP contribution in [0.5, 0.6) is 0 Å². The first-order valence-corrected chi connectivity index (χ1v) is 6.90. The highest BCUT2D eigenvalue weighted by Gasteiger charge is 2.18. The lowest BCUT2D eigenvalue weighted by Crippen LogP contribution is -2.46.